The first-order valence-electron chi connectivity index (χ1n) is 5.58. The van der Waals surface area contributed by atoms with Crippen LogP contribution in [0.1, 0.15) is 12.5 Å². The van der Waals surface area contributed by atoms with Crippen LogP contribution in [-0.4, -0.2) is 16.5 Å². The summed E-state index contributed by atoms with van der Waals surface area (Å²) in [6.07, 6.45) is 3.73. The highest BCUT2D eigenvalue weighted by Crippen LogP contribution is 2.24. The molecule has 3 nitrogen and oxygen atoms in total. The van der Waals surface area contributed by atoms with Crippen LogP contribution in [0.15, 0.2) is 41.1 Å². The van der Waals surface area contributed by atoms with Crippen LogP contribution < -0.4 is 5.32 Å². The average molecular weight is 292 g/mol. The van der Waals surface area contributed by atoms with Gasteiger partial charge >= 0.3 is 0 Å². The molecular weight excluding hydrogens is 278 g/mol. The van der Waals surface area contributed by atoms with Crippen LogP contribution in [0.2, 0.25) is 0 Å². The summed E-state index contributed by atoms with van der Waals surface area (Å²) < 4.78 is 1.01. The van der Waals surface area contributed by atoms with Crippen LogP contribution in [0.25, 0.3) is 11.4 Å². The van der Waals surface area contributed by atoms with Gasteiger partial charge in [-0.1, -0.05) is 41.1 Å². The number of halogens is 1. The van der Waals surface area contributed by atoms with Crippen LogP contribution in [-0.2, 0) is 6.54 Å². The van der Waals surface area contributed by atoms with Gasteiger partial charge in [-0.3, -0.25) is 0 Å². The first-order chi connectivity index (χ1) is 8.31. The molecule has 1 aromatic heterocycles. The molecule has 2 rings (SSSR count). The Balaban J connectivity index is 2.21. The number of benzene rings is 1. The Morgan fingerprint density at radius 1 is 1.18 bits per heavy atom. The molecule has 0 aliphatic carbocycles. The molecule has 0 atom stereocenters. The minimum absolute atomic E-state index is 0.748. The van der Waals surface area contributed by atoms with Crippen molar-refractivity contribution in [3.8, 4) is 11.4 Å². The zero-order valence-corrected chi connectivity index (χ0v) is 11.2. The van der Waals surface area contributed by atoms with Crippen LogP contribution in [0, 0.1) is 0 Å². The van der Waals surface area contributed by atoms with Gasteiger partial charge in [-0.15, -0.1) is 0 Å². The molecule has 17 heavy (non-hydrogen) atoms. The molecule has 88 valence electrons. The van der Waals surface area contributed by atoms with Gasteiger partial charge in [0.2, 0.25) is 0 Å². The number of aromatic nitrogens is 2. The van der Waals surface area contributed by atoms with E-state index in [-0.39, 0.29) is 0 Å². The third-order valence-corrected chi connectivity index (χ3v) is 3.09. The summed E-state index contributed by atoms with van der Waals surface area (Å²) in [4.78, 5) is 8.76. The van der Waals surface area contributed by atoms with Gasteiger partial charge in [0.25, 0.3) is 0 Å². The molecule has 2 aromatic rings. The van der Waals surface area contributed by atoms with Gasteiger partial charge in [-0.2, -0.15) is 0 Å². The van der Waals surface area contributed by atoms with Crippen LogP contribution >= 0.6 is 15.9 Å². The quantitative estimate of drug-likeness (QED) is 0.941. The second kappa shape index (κ2) is 5.89. The van der Waals surface area contributed by atoms with Crippen molar-refractivity contribution in [3.63, 3.8) is 0 Å². The smallest absolute Gasteiger partial charge is 0.160 e. The lowest BCUT2D eigenvalue weighted by Gasteiger charge is -2.04. The van der Waals surface area contributed by atoms with Gasteiger partial charge in [0.1, 0.15) is 0 Å². The van der Waals surface area contributed by atoms with Crippen LogP contribution in [0.5, 0.6) is 0 Å². The van der Waals surface area contributed by atoms with Crippen molar-refractivity contribution in [2.24, 2.45) is 0 Å². The van der Waals surface area contributed by atoms with Gasteiger partial charge in [-0.25, -0.2) is 9.97 Å². The molecule has 0 fully saturated rings. The molecule has 4 heteroatoms. The summed E-state index contributed by atoms with van der Waals surface area (Å²) in [7, 11) is 0. The Hall–Kier alpha value is -1.26. The lowest BCUT2D eigenvalue weighted by molar-refractivity contribution is 0.721. The molecule has 1 N–H and O–H groups in total. The summed E-state index contributed by atoms with van der Waals surface area (Å²) in [6, 6.07) is 7.96. The van der Waals surface area contributed by atoms with Gasteiger partial charge in [0.15, 0.2) is 5.82 Å². The van der Waals surface area contributed by atoms with Crippen molar-refractivity contribution in [1.82, 2.24) is 15.3 Å². The maximum Gasteiger partial charge on any atom is 0.160 e. The fourth-order valence-corrected chi connectivity index (χ4v) is 1.96. The second-order valence-corrected chi connectivity index (χ2v) is 4.53. The number of hydrogen-bond acceptors (Lipinski definition) is 3. The van der Waals surface area contributed by atoms with Crippen molar-refractivity contribution >= 4 is 15.9 Å². The minimum atomic E-state index is 0.748. The zero-order chi connectivity index (χ0) is 12.1. The van der Waals surface area contributed by atoms with Gasteiger partial charge < -0.3 is 5.32 Å². The van der Waals surface area contributed by atoms with Crippen LogP contribution in [0.4, 0.5) is 0 Å². The highest BCUT2D eigenvalue weighted by atomic mass is 79.9. The predicted molar refractivity (Wildman–Crippen MR) is 72.5 cm³/mol. The molecule has 0 saturated heterocycles. The lowest BCUT2D eigenvalue weighted by atomic mass is 10.2. The molecule has 1 aromatic carbocycles. The van der Waals surface area contributed by atoms with Gasteiger partial charge in [-0.05, 0) is 12.6 Å². The summed E-state index contributed by atoms with van der Waals surface area (Å²) in [5, 5.41) is 3.25. The summed E-state index contributed by atoms with van der Waals surface area (Å²) in [5.41, 5.74) is 2.12. The Morgan fingerprint density at radius 3 is 2.53 bits per heavy atom. The number of nitrogens with one attached hydrogen (secondary N) is 1. The molecule has 0 spiro atoms. The molecular formula is C13H14BrN3. The van der Waals surface area contributed by atoms with E-state index in [1.165, 1.54) is 0 Å². The lowest BCUT2D eigenvalue weighted by Crippen LogP contribution is -2.12. The van der Waals surface area contributed by atoms with Crippen molar-refractivity contribution in [2.75, 3.05) is 6.54 Å². The summed E-state index contributed by atoms with van der Waals surface area (Å²) in [6.45, 7) is 3.84. The molecule has 0 unspecified atom stereocenters. The largest absolute Gasteiger partial charge is 0.313 e. The van der Waals surface area contributed by atoms with Gasteiger partial charge in [0, 0.05) is 34.5 Å². The Morgan fingerprint density at radius 2 is 1.88 bits per heavy atom. The normalized spacial score (nSPS) is 10.5. The number of hydrogen-bond donors (Lipinski definition) is 1. The summed E-state index contributed by atoms with van der Waals surface area (Å²) in [5.74, 6) is 0.748. The van der Waals surface area contributed by atoms with E-state index in [1.807, 2.05) is 36.7 Å². The van der Waals surface area contributed by atoms with E-state index in [0.717, 1.165) is 34.5 Å². The predicted octanol–water partition coefficient (Wildman–Crippen LogP) is 3.02. The molecule has 0 aliphatic rings. The molecule has 0 amide bonds. The van der Waals surface area contributed by atoms with E-state index >= 15 is 0 Å². The first-order valence-corrected chi connectivity index (χ1v) is 6.37. The standard InChI is InChI=1S/C13H14BrN3/c1-2-15-7-10-8-16-13(17-9-10)11-5-3-4-6-12(11)14/h3-6,8-9,15H,2,7H2,1H3. The number of rotatable bonds is 4. The van der Waals surface area contributed by atoms with Crippen LogP contribution in [0.3, 0.4) is 0 Å². The maximum atomic E-state index is 4.38. The van der Waals surface area contributed by atoms with E-state index in [9.17, 15) is 0 Å². The second-order valence-electron chi connectivity index (χ2n) is 3.68. The molecule has 0 radical (unpaired) electrons. The SMILES string of the molecule is CCNCc1cnc(-c2ccccc2Br)nc1. The highest BCUT2D eigenvalue weighted by Gasteiger charge is 2.04. The monoisotopic (exact) mass is 291 g/mol. The fourth-order valence-electron chi connectivity index (χ4n) is 1.50. The average Bonchev–Trinajstić information content (AvgIpc) is 2.38. The Labute approximate surface area is 109 Å². The topological polar surface area (TPSA) is 37.8 Å². The third kappa shape index (κ3) is 3.11. The zero-order valence-electron chi connectivity index (χ0n) is 9.65. The van der Waals surface area contributed by atoms with Crippen molar-refractivity contribution in [1.29, 1.82) is 0 Å². The maximum absolute atomic E-state index is 4.38. The highest BCUT2D eigenvalue weighted by molar-refractivity contribution is 9.10. The fraction of sp³-hybridized carbons (Fsp3) is 0.231. The van der Waals surface area contributed by atoms with Crippen molar-refractivity contribution < 1.29 is 0 Å². The van der Waals surface area contributed by atoms with Crippen molar-refractivity contribution in [2.45, 2.75) is 13.5 Å². The Bertz CT molecular complexity index is 482. The van der Waals surface area contributed by atoms with E-state index in [0.29, 0.717) is 0 Å². The molecule has 0 saturated carbocycles. The molecule has 0 aliphatic heterocycles. The first kappa shape index (κ1) is 12.2. The van der Waals surface area contributed by atoms with E-state index < -0.39 is 0 Å². The molecule has 1 heterocycles. The minimum Gasteiger partial charge on any atom is -0.313 e. The van der Waals surface area contributed by atoms with E-state index in [4.69, 9.17) is 0 Å². The molecule has 0 bridgehead atoms. The summed E-state index contributed by atoms with van der Waals surface area (Å²) >= 11 is 3.50. The van der Waals surface area contributed by atoms with E-state index in [2.05, 4.69) is 38.1 Å². The van der Waals surface area contributed by atoms with Gasteiger partial charge in [0.05, 0.1) is 0 Å². The third-order valence-electron chi connectivity index (χ3n) is 2.40. The number of nitrogens with zero attached hydrogens (tertiary/aromatic N) is 2. The Kier molecular flexibility index (Phi) is 4.23. The van der Waals surface area contributed by atoms with Crippen molar-refractivity contribution in [3.05, 3.63) is 46.7 Å². The van der Waals surface area contributed by atoms with E-state index in [1.54, 1.807) is 0 Å².